The lowest BCUT2D eigenvalue weighted by atomic mass is 9.88. The molecule has 1 saturated carbocycles. The minimum atomic E-state index is -0.122. The number of carbonyl (C=O) groups is 1. The summed E-state index contributed by atoms with van der Waals surface area (Å²) in [5.74, 6) is 0.987. The Kier molecular flexibility index (Phi) is 4.85. The summed E-state index contributed by atoms with van der Waals surface area (Å²) in [7, 11) is 0. The van der Waals surface area contributed by atoms with Gasteiger partial charge in [-0.05, 0) is 38.5 Å². The van der Waals surface area contributed by atoms with Crippen molar-refractivity contribution < 1.29 is 14.3 Å². The van der Waals surface area contributed by atoms with Crippen molar-refractivity contribution in [2.45, 2.75) is 70.0 Å². The van der Waals surface area contributed by atoms with Crippen molar-refractivity contribution in [1.29, 1.82) is 0 Å². The Morgan fingerprint density at radius 1 is 1.33 bits per heavy atom. The molecule has 120 valence electrons. The van der Waals surface area contributed by atoms with Crippen molar-refractivity contribution in [3.63, 3.8) is 0 Å². The number of likely N-dealkylation sites (tertiary alicyclic amines) is 1. The molecule has 0 bridgehead atoms. The number of hydrogen-bond donors (Lipinski definition) is 0. The van der Waals surface area contributed by atoms with Gasteiger partial charge in [0.25, 0.3) is 0 Å². The molecule has 2 heterocycles. The normalized spacial score (nSPS) is 34.0. The predicted molar refractivity (Wildman–Crippen MR) is 81.1 cm³/mol. The van der Waals surface area contributed by atoms with E-state index in [-0.39, 0.29) is 11.7 Å². The van der Waals surface area contributed by atoms with Gasteiger partial charge in [0.15, 0.2) is 0 Å². The van der Waals surface area contributed by atoms with Crippen LogP contribution in [0.2, 0.25) is 0 Å². The average Bonchev–Trinajstić information content (AvgIpc) is 3.10. The Morgan fingerprint density at radius 3 is 2.90 bits per heavy atom. The molecule has 2 aliphatic heterocycles. The number of ether oxygens (including phenoxy) is 2. The maximum Gasteiger partial charge on any atom is 0.222 e. The summed E-state index contributed by atoms with van der Waals surface area (Å²) in [6.45, 7) is 5.16. The summed E-state index contributed by atoms with van der Waals surface area (Å²) < 4.78 is 11.8. The Hall–Kier alpha value is -0.610. The zero-order chi connectivity index (χ0) is 14.7. The highest BCUT2D eigenvalue weighted by molar-refractivity contribution is 5.76. The molecular weight excluding hydrogens is 266 g/mol. The molecule has 1 amide bonds. The van der Waals surface area contributed by atoms with Crippen LogP contribution in [0.15, 0.2) is 0 Å². The molecule has 4 heteroatoms. The highest BCUT2D eigenvalue weighted by Crippen LogP contribution is 2.36. The van der Waals surface area contributed by atoms with Crippen LogP contribution >= 0.6 is 0 Å². The molecule has 0 aromatic rings. The fourth-order valence-electron chi connectivity index (χ4n) is 4.33. The van der Waals surface area contributed by atoms with Crippen molar-refractivity contribution in [3.05, 3.63) is 0 Å². The third-order valence-electron chi connectivity index (χ3n) is 5.41. The lowest BCUT2D eigenvalue weighted by Gasteiger charge is -2.40. The SMILES string of the molecule is CCO[C@@H]1CO[C@]2(CCCN(C(=O)CC3CCCC3)C2)C1. The smallest absolute Gasteiger partial charge is 0.222 e. The zero-order valence-corrected chi connectivity index (χ0v) is 13.3. The number of carbonyl (C=O) groups excluding carboxylic acids is 1. The summed E-state index contributed by atoms with van der Waals surface area (Å²) in [5, 5.41) is 0. The van der Waals surface area contributed by atoms with E-state index in [0.29, 0.717) is 18.4 Å². The summed E-state index contributed by atoms with van der Waals surface area (Å²) >= 11 is 0. The van der Waals surface area contributed by atoms with Gasteiger partial charge in [-0.25, -0.2) is 0 Å². The molecule has 3 fully saturated rings. The molecule has 4 nitrogen and oxygen atoms in total. The maximum atomic E-state index is 12.5. The second-order valence-electron chi connectivity index (χ2n) is 7.05. The Labute approximate surface area is 128 Å². The standard InChI is InChI=1S/C17H29NO3/c1-2-20-15-11-17(21-12-15)8-5-9-18(13-17)16(19)10-14-6-3-4-7-14/h14-15H,2-13H2,1H3/t15-,17+/m0/s1. The van der Waals surface area contributed by atoms with Gasteiger partial charge in [-0.15, -0.1) is 0 Å². The Bertz CT molecular complexity index is 367. The van der Waals surface area contributed by atoms with Crippen LogP contribution in [-0.2, 0) is 14.3 Å². The van der Waals surface area contributed by atoms with Crippen LogP contribution in [0.25, 0.3) is 0 Å². The van der Waals surface area contributed by atoms with Gasteiger partial charge >= 0.3 is 0 Å². The molecule has 1 spiro atoms. The Morgan fingerprint density at radius 2 is 2.14 bits per heavy atom. The van der Waals surface area contributed by atoms with E-state index < -0.39 is 0 Å². The molecule has 3 aliphatic rings. The van der Waals surface area contributed by atoms with Gasteiger partial charge in [0, 0.05) is 32.5 Å². The van der Waals surface area contributed by atoms with Crippen molar-refractivity contribution in [2.75, 3.05) is 26.3 Å². The molecule has 2 saturated heterocycles. The number of hydrogen-bond acceptors (Lipinski definition) is 3. The van der Waals surface area contributed by atoms with Crippen LogP contribution in [-0.4, -0.2) is 48.8 Å². The average molecular weight is 295 g/mol. The van der Waals surface area contributed by atoms with Crippen molar-refractivity contribution in [3.8, 4) is 0 Å². The van der Waals surface area contributed by atoms with Crippen LogP contribution in [0.3, 0.4) is 0 Å². The second kappa shape index (κ2) is 6.66. The van der Waals surface area contributed by atoms with Gasteiger partial charge in [-0.2, -0.15) is 0 Å². The quantitative estimate of drug-likeness (QED) is 0.800. The van der Waals surface area contributed by atoms with Crippen molar-refractivity contribution in [2.24, 2.45) is 5.92 Å². The molecule has 1 aliphatic carbocycles. The largest absolute Gasteiger partial charge is 0.376 e. The lowest BCUT2D eigenvalue weighted by molar-refractivity contribution is -0.140. The van der Waals surface area contributed by atoms with Crippen molar-refractivity contribution >= 4 is 5.91 Å². The van der Waals surface area contributed by atoms with Gasteiger partial charge in [0.2, 0.25) is 5.91 Å². The third-order valence-corrected chi connectivity index (χ3v) is 5.41. The molecule has 0 aromatic carbocycles. The molecular formula is C17H29NO3. The summed E-state index contributed by atoms with van der Waals surface area (Å²) in [6.07, 6.45) is 9.17. The Balaban J connectivity index is 1.54. The zero-order valence-electron chi connectivity index (χ0n) is 13.3. The molecule has 0 aromatic heterocycles. The van der Waals surface area contributed by atoms with Gasteiger partial charge in [-0.3, -0.25) is 4.79 Å². The fourth-order valence-corrected chi connectivity index (χ4v) is 4.33. The lowest BCUT2D eigenvalue weighted by Crippen LogP contribution is -2.50. The first-order valence-electron chi connectivity index (χ1n) is 8.74. The van der Waals surface area contributed by atoms with Crippen LogP contribution in [0.1, 0.15) is 58.3 Å². The summed E-state index contributed by atoms with van der Waals surface area (Å²) in [6, 6.07) is 0. The third kappa shape index (κ3) is 3.59. The van der Waals surface area contributed by atoms with E-state index in [1.165, 1.54) is 25.7 Å². The molecule has 21 heavy (non-hydrogen) atoms. The number of rotatable bonds is 4. The van der Waals surface area contributed by atoms with Gasteiger partial charge in [0.05, 0.1) is 18.3 Å². The molecule has 0 unspecified atom stereocenters. The van der Waals surface area contributed by atoms with Gasteiger partial charge in [0.1, 0.15) is 0 Å². The first-order chi connectivity index (χ1) is 10.2. The van der Waals surface area contributed by atoms with Gasteiger partial charge < -0.3 is 14.4 Å². The summed E-state index contributed by atoms with van der Waals surface area (Å²) in [4.78, 5) is 14.6. The number of amides is 1. The van der Waals surface area contributed by atoms with Crippen LogP contribution in [0.4, 0.5) is 0 Å². The van der Waals surface area contributed by atoms with E-state index in [9.17, 15) is 4.79 Å². The van der Waals surface area contributed by atoms with E-state index in [1.807, 2.05) is 6.92 Å². The monoisotopic (exact) mass is 295 g/mol. The highest BCUT2D eigenvalue weighted by atomic mass is 16.6. The first kappa shape index (κ1) is 15.3. The van der Waals surface area contributed by atoms with E-state index in [1.54, 1.807) is 0 Å². The molecule has 2 atom stereocenters. The summed E-state index contributed by atoms with van der Waals surface area (Å²) in [5.41, 5.74) is -0.122. The van der Waals surface area contributed by atoms with Crippen LogP contribution in [0.5, 0.6) is 0 Å². The van der Waals surface area contributed by atoms with E-state index >= 15 is 0 Å². The highest BCUT2D eigenvalue weighted by Gasteiger charge is 2.44. The first-order valence-corrected chi connectivity index (χ1v) is 8.74. The van der Waals surface area contributed by atoms with Gasteiger partial charge in [-0.1, -0.05) is 12.8 Å². The van der Waals surface area contributed by atoms with Crippen LogP contribution < -0.4 is 0 Å². The van der Waals surface area contributed by atoms with E-state index in [0.717, 1.165) is 45.4 Å². The fraction of sp³-hybridized carbons (Fsp3) is 0.941. The predicted octanol–water partition coefficient (Wildman–Crippen LogP) is 2.75. The molecule has 3 rings (SSSR count). The molecule has 0 radical (unpaired) electrons. The van der Waals surface area contributed by atoms with E-state index in [4.69, 9.17) is 9.47 Å². The molecule has 0 N–H and O–H groups in total. The number of piperidine rings is 1. The number of nitrogens with zero attached hydrogens (tertiary/aromatic N) is 1. The minimum Gasteiger partial charge on any atom is -0.376 e. The van der Waals surface area contributed by atoms with E-state index in [2.05, 4.69) is 4.90 Å². The van der Waals surface area contributed by atoms with Crippen LogP contribution in [0, 0.1) is 5.92 Å². The second-order valence-corrected chi connectivity index (χ2v) is 7.05. The topological polar surface area (TPSA) is 38.8 Å². The van der Waals surface area contributed by atoms with Crippen molar-refractivity contribution in [1.82, 2.24) is 4.90 Å². The minimum absolute atomic E-state index is 0.122. The maximum absolute atomic E-state index is 12.5.